The molecule has 100 valence electrons. The van der Waals surface area contributed by atoms with Crippen LogP contribution in [0.15, 0.2) is 12.4 Å². The number of nitrogens with zero attached hydrogens (tertiary/aromatic N) is 3. The highest BCUT2D eigenvalue weighted by atomic mass is 32.1. The highest BCUT2D eigenvalue weighted by molar-refractivity contribution is 7.14. The summed E-state index contributed by atoms with van der Waals surface area (Å²) in [7, 11) is 1.92. The number of rotatable bonds is 4. The van der Waals surface area contributed by atoms with Crippen LogP contribution in [0.3, 0.4) is 0 Å². The van der Waals surface area contributed by atoms with Crippen molar-refractivity contribution in [3.63, 3.8) is 0 Å². The second-order valence-corrected chi connectivity index (χ2v) is 4.95. The van der Waals surface area contributed by atoms with E-state index in [-0.39, 0.29) is 5.97 Å². The van der Waals surface area contributed by atoms with E-state index < -0.39 is 0 Å². The van der Waals surface area contributed by atoms with E-state index in [9.17, 15) is 4.79 Å². The van der Waals surface area contributed by atoms with Crippen molar-refractivity contribution in [3.05, 3.63) is 33.8 Å². The van der Waals surface area contributed by atoms with Gasteiger partial charge in [0, 0.05) is 19.4 Å². The molecule has 0 atom stereocenters. The van der Waals surface area contributed by atoms with E-state index in [0.29, 0.717) is 17.2 Å². The lowest BCUT2D eigenvalue weighted by Crippen LogP contribution is -2.03. The fraction of sp³-hybridized carbons (Fsp3) is 0.308. The molecule has 2 rings (SSSR count). The standard InChI is InChI=1S/C13H15N3O2S/c1-4-18-13(17)12-9(2)15-11(19-12)6-5-10-14-7-8-16(10)3/h5-8H,4H2,1-3H3/b6-5-. The number of hydrogen-bond donors (Lipinski definition) is 0. The van der Waals surface area contributed by atoms with Crippen LogP contribution in [0.1, 0.15) is 33.1 Å². The number of hydrogen-bond acceptors (Lipinski definition) is 5. The van der Waals surface area contributed by atoms with Gasteiger partial charge in [-0.2, -0.15) is 0 Å². The van der Waals surface area contributed by atoms with E-state index in [1.807, 2.05) is 30.0 Å². The summed E-state index contributed by atoms with van der Waals surface area (Å²) in [5, 5.41) is 0.767. The summed E-state index contributed by atoms with van der Waals surface area (Å²) in [5.41, 5.74) is 0.697. The van der Waals surface area contributed by atoms with Gasteiger partial charge in [-0.05, 0) is 26.0 Å². The van der Waals surface area contributed by atoms with Crippen molar-refractivity contribution in [1.82, 2.24) is 14.5 Å². The van der Waals surface area contributed by atoms with Crippen LogP contribution in [0, 0.1) is 6.92 Å². The zero-order valence-electron chi connectivity index (χ0n) is 11.1. The minimum absolute atomic E-state index is 0.311. The van der Waals surface area contributed by atoms with Crippen LogP contribution in [-0.4, -0.2) is 27.1 Å². The van der Waals surface area contributed by atoms with Crippen LogP contribution in [-0.2, 0) is 11.8 Å². The lowest BCUT2D eigenvalue weighted by Gasteiger charge is -1.97. The molecule has 0 amide bonds. The predicted molar refractivity (Wildman–Crippen MR) is 74.9 cm³/mol. The Kier molecular flexibility index (Phi) is 4.11. The highest BCUT2D eigenvalue weighted by Crippen LogP contribution is 2.20. The summed E-state index contributed by atoms with van der Waals surface area (Å²) in [5.74, 6) is 0.527. The van der Waals surface area contributed by atoms with Gasteiger partial charge in [0.25, 0.3) is 0 Å². The SMILES string of the molecule is CCOC(=O)c1sc(/C=C\c2nccn2C)nc1C. The van der Waals surface area contributed by atoms with E-state index in [1.165, 1.54) is 11.3 Å². The topological polar surface area (TPSA) is 57.0 Å². The Bertz CT molecular complexity index is 613. The lowest BCUT2D eigenvalue weighted by molar-refractivity contribution is 0.0531. The van der Waals surface area contributed by atoms with E-state index >= 15 is 0 Å². The first-order valence-corrected chi connectivity index (χ1v) is 6.73. The van der Waals surface area contributed by atoms with Crippen LogP contribution in [0.2, 0.25) is 0 Å². The van der Waals surface area contributed by atoms with Crippen molar-refractivity contribution in [2.24, 2.45) is 7.05 Å². The second kappa shape index (κ2) is 5.79. The van der Waals surface area contributed by atoms with E-state index in [2.05, 4.69) is 9.97 Å². The third kappa shape index (κ3) is 3.08. The third-order valence-electron chi connectivity index (χ3n) is 2.51. The summed E-state index contributed by atoms with van der Waals surface area (Å²) in [6.45, 7) is 3.96. The molecule has 0 aromatic carbocycles. The van der Waals surface area contributed by atoms with Crippen molar-refractivity contribution >= 4 is 29.5 Å². The summed E-state index contributed by atoms with van der Waals surface area (Å²) >= 11 is 1.33. The first kappa shape index (κ1) is 13.5. The number of esters is 1. The number of thiazole rings is 1. The third-order valence-corrected chi connectivity index (χ3v) is 3.61. The highest BCUT2D eigenvalue weighted by Gasteiger charge is 2.15. The monoisotopic (exact) mass is 277 g/mol. The predicted octanol–water partition coefficient (Wildman–Crippen LogP) is 2.53. The number of ether oxygens (including phenoxy) is 1. The molecule has 0 spiro atoms. The summed E-state index contributed by atoms with van der Waals surface area (Å²) < 4.78 is 6.89. The summed E-state index contributed by atoms with van der Waals surface area (Å²) in [4.78, 5) is 20.8. The fourth-order valence-electron chi connectivity index (χ4n) is 1.56. The molecule has 0 aliphatic rings. The van der Waals surface area contributed by atoms with Gasteiger partial charge in [-0.1, -0.05) is 0 Å². The molecule has 0 saturated carbocycles. The molecule has 19 heavy (non-hydrogen) atoms. The molecular formula is C13H15N3O2S. The molecule has 2 aromatic rings. The van der Waals surface area contributed by atoms with Crippen LogP contribution in [0.4, 0.5) is 0 Å². The molecule has 0 unspecified atom stereocenters. The number of carbonyl (C=O) groups excluding carboxylic acids is 1. The van der Waals surface area contributed by atoms with Gasteiger partial charge >= 0.3 is 5.97 Å². The van der Waals surface area contributed by atoms with Gasteiger partial charge in [0.2, 0.25) is 0 Å². The molecule has 0 bridgehead atoms. The molecule has 0 aliphatic heterocycles. The van der Waals surface area contributed by atoms with Gasteiger partial charge in [-0.15, -0.1) is 11.3 Å². The number of aryl methyl sites for hydroxylation is 2. The fourth-order valence-corrected chi connectivity index (χ4v) is 2.42. The number of aromatic nitrogens is 3. The van der Waals surface area contributed by atoms with Crippen molar-refractivity contribution in [1.29, 1.82) is 0 Å². The van der Waals surface area contributed by atoms with Crippen molar-refractivity contribution in [2.45, 2.75) is 13.8 Å². The van der Waals surface area contributed by atoms with Gasteiger partial charge in [0.1, 0.15) is 15.7 Å². The quantitative estimate of drug-likeness (QED) is 0.806. The Hall–Kier alpha value is -1.95. The zero-order valence-corrected chi connectivity index (χ0v) is 11.9. The summed E-state index contributed by atoms with van der Waals surface area (Å²) in [6.07, 6.45) is 7.32. The average Bonchev–Trinajstić information content (AvgIpc) is 2.93. The normalized spacial score (nSPS) is 11.1. The molecule has 0 saturated heterocycles. The molecule has 0 aliphatic carbocycles. The minimum Gasteiger partial charge on any atom is -0.462 e. The Balaban J connectivity index is 2.19. The molecule has 0 N–H and O–H groups in total. The lowest BCUT2D eigenvalue weighted by atomic mass is 10.4. The Morgan fingerprint density at radius 1 is 1.53 bits per heavy atom. The van der Waals surface area contributed by atoms with Gasteiger partial charge < -0.3 is 9.30 Å². The van der Waals surface area contributed by atoms with Crippen molar-refractivity contribution in [3.8, 4) is 0 Å². The largest absolute Gasteiger partial charge is 0.462 e. The Morgan fingerprint density at radius 2 is 2.32 bits per heavy atom. The maximum absolute atomic E-state index is 11.7. The molecule has 2 heterocycles. The van der Waals surface area contributed by atoms with Crippen LogP contribution in [0.25, 0.3) is 12.2 Å². The molecule has 6 heteroatoms. The molecule has 5 nitrogen and oxygen atoms in total. The van der Waals surface area contributed by atoms with Gasteiger partial charge in [-0.25, -0.2) is 14.8 Å². The average molecular weight is 277 g/mol. The zero-order chi connectivity index (χ0) is 13.8. The van der Waals surface area contributed by atoms with E-state index in [4.69, 9.17) is 4.74 Å². The number of carbonyl (C=O) groups is 1. The Morgan fingerprint density at radius 3 is 2.95 bits per heavy atom. The van der Waals surface area contributed by atoms with Crippen LogP contribution in [0.5, 0.6) is 0 Å². The number of imidazole rings is 1. The molecular weight excluding hydrogens is 262 g/mol. The van der Waals surface area contributed by atoms with Gasteiger partial charge in [0.15, 0.2) is 0 Å². The van der Waals surface area contributed by atoms with Crippen molar-refractivity contribution in [2.75, 3.05) is 6.61 Å². The second-order valence-electron chi connectivity index (χ2n) is 3.92. The van der Waals surface area contributed by atoms with Gasteiger partial charge in [-0.3, -0.25) is 0 Å². The first-order chi connectivity index (χ1) is 9.11. The summed E-state index contributed by atoms with van der Waals surface area (Å²) in [6, 6.07) is 0. The Labute approximate surface area is 115 Å². The first-order valence-electron chi connectivity index (χ1n) is 5.91. The maximum atomic E-state index is 11.7. The maximum Gasteiger partial charge on any atom is 0.350 e. The smallest absolute Gasteiger partial charge is 0.350 e. The minimum atomic E-state index is -0.311. The molecule has 2 aromatic heterocycles. The van der Waals surface area contributed by atoms with Crippen LogP contribution < -0.4 is 0 Å². The van der Waals surface area contributed by atoms with E-state index in [1.54, 1.807) is 20.0 Å². The molecule has 0 radical (unpaired) electrons. The van der Waals surface area contributed by atoms with E-state index in [0.717, 1.165) is 10.8 Å². The molecule has 0 fully saturated rings. The van der Waals surface area contributed by atoms with Crippen molar-refractivity contribution < 1.29 is 9.53 Å². The van der Waals surface area contributed by atoms with Gasteiger partial charge in [0.05, 0.1) is 12.3 Å². The van der Waals surface area contributed by atoms with Crippen LogP contribution >= 0.6 is 11.3 Å².